The van der Waals surface area contributed by atoms with Crippen molar-refractivity contribution < 1.29 is 27.9 Å². The Kier molecular flexibility index (Phi) is 9.40. The number of hydrogen-bond acceptors (Lipinski definition) is 7. The number of sulfonamides is 1. The summed E-state index contributed by atoms with van der Waals surface area (Å²) in [4.78, 5) is 40.6. The maximum Gasteiger partial charge on any atom is 0.326 e. The number of carboxylic acid groups (broad SMARTS) is 1. The molecule has 2 aliphatic heterocycles. The van der Waals surface area contributed by atoms with Gasteiger partial charge in [0.15, 0.2) is 0 Å². The number of unbranched alkanes of at least 4 members (excludes halogenated alkanes) is 1. The molecule has 0 aliphatic carbocycles. The van der Waals surface area contributed by atoms with Gasteiger partial charge >= 0.3 is 5.97 Å². The molecule has 0 radical (unpaired) electrons. The summed E-state index contributed by atoms with van der Waals surface area (Å²) in [7, 11) is -4.00. The lowest BCUT2D eigenvalue weighted by Gasteiger charge is -2.35. The molecule has 3 rings (SSSR count). The largest absolute Gasteiger partial charge is 0.480 e. The Bertz CT molecular complexity index is 1010. The molecular weight excluding hydrogens is 472 g/mol. The van der Waals surface area contributed by atoms with E-state index >= 15 is 0 Å². The Balaban J connectivity index is 1.94. The van der Waals surface area contributed by atoms with Crippen molar-refractivity contribution >= 4 is 27.8 Å². The first-order valence-corrected chi connectivity index (χ1v) is 13.7. The van der Waals surface area contributed by atoms with E-state index in [2.05, 4.69) is 5.32 Å². The highest BCUT2D eigenvalue weighted by atomic mass is 32.2. The minimum atomic E-state index is -4.00. The topological polar surface area (TPSA) is 150 Å². The molecule has 2 fully saturated rings. The molecule has 0 spiro atoms. The fraction of sp³-hybridized carbons (Fsp3) is 0.625. The van der Waals surface area contributed by atoms with Crippen LogP contribution in [-0.4, -0.2) is 78.8 Å². The number of amides is 2. The summed E-state index contributed by atoms with van der Waals surface area (Å²) in [6, 6.07) is 3.88. The second kappa shape index (κ2) is 12.1. The van der Waals surface area contributed by atoms with E-state index in [0.717, 1.165) is 14.8 Å². The van der Waals surface area contributed by atoms with Crippen LogP contribution in [0.3, 0.4) is 0 Å². The Morgan fingerprint density at radius 3 is 2.37 bits per heavy atom. The van der Waals surface area contributed by atoms with Gasteiger partial charge in [-0.2, -0.15) is 4.31 Å². The molecule has 194 valence electrons. The molecule has 2 heterocycles. The first-order valence-electron chi connectivity index (χ1n) is 12.3. The molecule has 2 amide bonds. The number of rotatable bonds is 10. The van der Waals surface area contributed by atoms with E-state index in [1.54, 1.807) is 12.1 Å². The predicted molar refractivity (Wildman–Crippen MR) is 130 cm³/mol. The average molecular weight is 509 g/mol. The van der Waals surface area contributed by atoms with Crippen molar-refractivity contribution in [2.24, 2.45) is 11.7 Å². The monoisotopic (exact) mass is 508 g/mol. The first-order chi connectivity index (χ1) is 16.7. The van der Waals surface area contributed by atoms with Crippen LogP contribution in [0, 0.1) is 12.8 Å². The summed E-state index contributed by atoms with van der Waals surface area (Å²) >= 11 is 0. The van der Waals surface area contributed by atoms with Gasteiger partial charge in [0.1, 0.15) is 12.1 Å². The number of carboxylic acids is 1. The minimum absolute atomic E-state index is 0.0664. The zero-order valence-electron chi connectivity index (χ0n) is 20.2. The maximum atomic E-state index is 13.8. The van der Waals surface area contributed by atoms with Gasteiger partial charge in [-0.25, -0.2) is 13.2 Å². The number of piperidine rings is 1. The zero-order valence-corrected chi connectivity index (χ0v) is 21.0. The number of carbonyl (C=O) groups excluding carboxylic acids is 2. The van der Waals surface area contributed by atoms with Gasteiger partial charge in [0.25, 0.3) is 0 Å². The number of nitrogens with one attached hydrogen (secondary N) is 1. The van der Waals surface area contributed by atoms with Gasteiger partial charge in [0, 0.05) is 12.5 Å². The number of carbonyl (C=O) groups is 3. The third kappa shape index (κ3) is 6.27. The summed E-state index contributed by atoms with van der Waals surface area (Å²) in [5.74, 6) is -3.04. The van der Waals surface area contributed by atoms with Crippen molar-refractivity contribution in [3.63, 3.8) is 0 Å². The van der Waals surface area contributed by atoms with Crippen molar-refractivity contribution in [3.8, 4) is 0 Å². The van der Waals surface area contributed by atoms with E-state index < -0.39 is 45.8 Å². The third-order valence-electron chi connectivity index (χ3n) is 6.81. The van der Waals surface area contributed by atoms with E-state index in [9.17, 15) is 27.9 Å². The number of benzene rings is 1. The molecule has 11 heteroatoms. The van der Waals surface area contributed by atoms with Gasteiger partial charge < -0.3 is 16.2 Å². The van der Waals surface area contributed by atoms with Crippen LogP contribution < -0.4 is 11.1 Å². The van der Waals surface area contributed by atoms with E-state index in [1.165, 1.54) is 12.1 Å². The molecule has 1 aromatic rings. The third-order valence-corrected chi connectivity index (χ3v) is 8.73. The summed E-state index contributed by atoms with van der Waals surface area (Å²) in [5, 5.41) is 13.2. The van der Waals surface area contributed by atoms with Gasteiger partial charge in [0.05, 0.1) is 4.90 Å². The van der Waals surface area contributed by atoms with E-state index in [-0.39, 0.29) is 24.3 Å². The summed E-state index contributed by atoms with van der Waals surface area (Å²) in [6.07, 6.45) is 2.74. The summed E-state index contributed by atoms with van der Waals surface area (Å²) in [6.45, 7) is 3.54. The van der Waals surface area contributed by atoms with Gasteiger partial charge in [-0.3, -0.25) is 14.5 Å². The van der Waals surface area contributed by atoms with Crippen LogP contribution in [0.4, 0.5) is 0 Å². The Morgan fingerprint density at radius 1 is 1.11 bits per heavy atom. The SMILES string of the molecule is Cc1ccc(S(=O)(=O)N2CCC[C@H]2C(=O)N(C(=O)C2CCNCC2)[C@@H](CCCCN)C(=O)O)cc1. The van der Waals surface area contributed by atoms with Crippen molar-refractivity contribution in [1.82, 2.24) is 14.5 Å². The fourth-order valence-corrected chi connectivity index (χ4v) is 6.46. The number of nitrogens with zero attached hydrogens (tertiary/aromatic N) is 2. The summed E-state index contributed by atoms with van der Waals surface area (Å²) < 4.78 is 27.9. The van der Waals surface area contributed by atoms with Crippen LogP contribution >= 0.6 is 0 Å². The lowest BCUT2D eigenvalue weighted by Crippen LogP contribution is -2.57. The zero-order chi connectivity index (χ0) is 25.6. The van der Waals surface area contributed by atoms with Crippen LogP contribution in [-0.2, 0) is 24.4 Å². The average Bonchev–Trinajstić information content (AvgIpc) is 3.35. The second-order valence-electron chi connectivity index (χ2n) is 9.30. The second-order valence-corrected chi connectivity index (χ2v) is 11.2. The molecule has 1 aromatic carbocycles. The van der Waals surface area contributed by atoms with Gasteiger partial charge in [-0.05, 0) is 83.6 Å². The van der Waals surface area contributed by atoms with Crippen molar-refractivity contribution in [3.05, 3.63) is 29.8 Å². The number of aliphatic carboxylic acids is 1. The van der Waals surface area contributed by atoms with Crippen LogP contribution in [0.15, 0.2) is 29.2 Å². The maximum absolute atomic E-state index is 13.8. The van der Waals surface area contributed by atoms with Gasteiger partial charge in [0.2, 0.25) is 21.8 Å². The standard InChI is InChI=1S/C24H36N4O6S/c1-17-7-9-19(10-8-17)35(33,34)27-16-4-6-20(27)23(30)28(21(24(31)32)5-2-3-13-25)22(29)18-11-14-26-15-12-18/h7-10,18,20-21,26H,2-6,11-16,25H2,1H3,(H,31,32)/t20-,21-/m0/s1. The molecular formula is C24H36N4O6S. The normalized spacial score (nSPS) is 20.5. The molecule has 35 heavy (non-hydrogen) atoms. The molecule has 2 atom stereocenters. The number of imide groups is 1. The van der Waals surface area contributed by atoms with Crippen molar-refractivity contribution in [1.29, 1.82) is 0 Å². The smallest absolute Gasteiger partial charge is 0.326 e. The Hall–Kier alpha value is -2.34. The highest BCUT2D eigenvalue weighted by Crippen LogP contribution is 2.30. The molecule has 0 aromatic heterocycles. The van der Waals surface area contributed by atoms with Crippen LogP contribution in [0.2, 0.25) is 0 Å². The van der Waals surface area contributed by atoms with Gasteiger partial charge in [-0.1, -0.05) is 17.7 Å². The lowest BCUT2D eigenvalue weighted by molar-refractivity contribution is -0.162. The van der Waals surface area contributed by atoms with E-state index in [1.807, 2.05) is 6.92 Å². The molecule has 0 saturated carbocycles. The van der Waals surface area contributed by atoms with E-state index in [0.29, 0.717) is 51.7 Å². The molecule has 2 aliphatic rings. The highest BCUT2D eigenvalue weighted by Gasteiger charge is 2.46. The molecule has 2 saturated heterocycles. The minimum Gasteiger partial charge on any atom is -0.480 e. The molecule has 0 bridgehead atoms. The summed E-state index contributed by atoms with van der Waals surface area (Å²) in [5.41, 5.74) is 6.46. The predicted octanol–water partition coefficient (Wildman–Crippen LogP) is 1.09. The van der Waals surface area contributed by atoms with Crippen LogP contribution in [0.5, 0.6) is 0 Å². The molecule has 0 unspecified atom stereocenters. The fourth-order valence-electron chi connectivity index (χ4n) is 4.81. The van der Waals surface area contributed by atoms with Crippen molar-refractivity contribution in [2.45, 2.75) is 68.8 Å². The molecule has 10 nitrogen and oxygen atoms in total. The first kappa shape index (κ1) is 27.3. The lowest BCUT2D eigenvalue weighted by atomic mass is 9.94. The van der Waals surface area contributed by atoms with Gasteiger partial charge in [-0.15, -0.1) is 0 Å². The van der Waals surface area contributed by atoms with Crippen molar-refractivity contribution in [2.75, 3.05) is 26.2 Å². The Morgan fingerprint density at radius 2 is 1.77 bits per heavy atom. The quantitative estimate of drug-likeness (QED) is 0.314. The highest BCUT2D eigenvalue weighted by molar-refractivity contribution is 7.89. The van der Waals surface area contributed by atoms with E-state index in [4.69, 9.17) is 5.73 Å². The van der Waals surface area contributed by atoms with Crippen LogP contribution in [0.1, 0.15) is 50.5 Å². The number of aryl methyl sites for hydroxylation is 1. The number of hydrogen-bond donors (Lipinski definition) is 3. The number of nitrogens with two attached hydrogens (primary N) is 1. The Labute approximate surface area is 206 Å². The molecule has 4 N–H and O–H groups in total. The van der Waals surface area contributed by atoms with Crippen LogP contribution in [0.25, 0.3) is 0 Å².